The molecule has 2 aromatic rings. The summed E-state index contributed by atoms with van der Waals surface area (Å²) in [6, 6.07) is 17.2. The van der Waals surface area contributed by atoms with Crippen LogP contribution in [0, 0.1) is 0 Å². The summed E-state index contributed by atoms with van der Waals surface area (Å²) in [5, 5.41) is 2.76. The van der Waals surface area contributed by atoms with E-state index >= 15 is 0 Å². The number of hydrogen-bond acceptors (Lipinski definition) is 2. The van der Waals surface area contributed by atoms with Crippen LogP contribution in [0.25, 0.3) is 11.1 Å². The van der Waals surface area contributed by atoms with E-state index in [9.17, 15) is 9.59 Å². The van der Waals surface area contributed by atoms with Crippen molar-refractivity contribution in [2.75, 3.05) is 19.6 Å². The minimum absolute atomic E-state index is 0.00644. The summed E-state index contributed by atoms with van der Waals surface area (Å²) < 4.78 is 0. The van der Waals surface area contributed by atoms with E-state index < -0.39 is 0 Å². The van der Waals surface area contributed by atoms with Crippen LogP contribution < -0.4 is 5.32 Å². The Morgan fingerprint density at radius 2 is 1.57 bits per heavy atom. The van der Waals surface area contributed by atoms with Crippen molar-refractivity contribution < 1.29 is 9.59 Å². The molecule has 118 valence electrons. The molecule has 0 spiro atoms. The molecule has 1 fully saturated rings. The lowest BCUT2D eigenvalue weighted by Crippen LogP contribution is -2.38. The second-order valence-electron chi connectivity index (χ2n) is 5.68. The van der Waals surface area contributed by atoms with E-state index in [2.05, 4.69) is 5.32 Å². The molecule has 23 heavy (non-hydrogen) atoms. The summed E-state index contributed by atoms with van der Waals surface area (Å²) in [5.41, 5.74) is 2.45. The summed E-state index contributed by atoms with van der Waals surface area (Å²) in [4.78, 5) is 26.3. The van der Waals surface area contributed by atoms with Crippen LogP contribution in [0.5, 0.6) is 0 Å². The van der Waals surface area contributed by atoms with Crippen LogP contribution in [-0.4, -0.2) is 36.3 Å². The van der Waals surface area contributed by atoms with E-state index in [0.29, 0.717) is 5.56 Å². The van der Waals surface area contributed by atoms with Crippen LogP contribution in [0.1, 0.15) is 23.2 Å². The van der Waals surface area contributed by atoms with Gasteiger partial charge in [-0.3, -0.25) is 9.59 Å². The van der Waals surface area contributed by atoms with Crippen molar-refractivity contribution in [2.45, 2.75) is 12.8 Å². The van der Waals surface area contributed by atoms with Crippen molar-refractivity contribution >= 4 is 11.8 Å². The van der Waals surface area contributed by atoms with Gasteiger partial charge in [-0.2, -0.15) is 0 Å². The normalized spacial score (nSPS) is 13.8. The van der Waals surface area contributed by atoms with Gasteiger partial charge in [-0.15, -0.1) is 0 Å². The average molecular weight is 308 g/mol. The number of nitrogens with zero attached hydrogens (tertiary/aromatic N) is 1. The van der Waals surface area contributed by atoms with Gasteiger partial charge in [-0.1, -0.05) is 48.5 Å². The Morgan fingerprint density at radius 1 is 0.913 bits per heavy atom. The SMILES string of the molecule is O=C(NCC(=O)N1CCCC1)c1ccccc1-c1ccccc1. The number of carbonyl (C=O) groups excluding carboxylic acids is 2. The van der Waals surface area contributed by atoms with E-state index in [0.717, 1.165) is 37.1 Å². The van der Waals surface area contributed by atoms with Gasteiger partial charge >= 0.3 is 0 Å². The van der Waals surface area contributed by atoms with Gasteiger partial charge in [0.2, 0.25) is 5.91 Å². The molecule has 2 aromatic carbocycles. The predicted molar refractivity (Wildman–Crippen MR) is 90.0 cm³/mol. The highest BCUT2D eigenvalue weighted by Gasteiger charge is 2.19. The van der Waals surface area contributed by atoms with Gasteiger partial charge in [0.1, 0.15) is 0 Å². The van der Waals surface area contributed by atoms with Crippen molar-refractivity contribution in [3.8, 4) is 11.1 Å². The molecule has 0 atom stereocenters. The Labute approximate surface area is 136 Å². The molecule has 0 radical (unpaired) electrons. The monoisotopic (exact) mass is 308 g/mol. The average Bonchev–Trinajstić information content (AvgIpc) is 3.15. The van der Waals surface area contributed by atoms with Crippen molar-refractivity contribution in [2.24, 2.45) is 0 Å². The Bertz CT molecular complexity index is 692. The number of amides is 2. The van der Waals surface area contributed by atoms with Crippen LogP contribution in [0.4, 0.5) is 0 Å². The third kappa shape index (κ3) is 3.59. The van der Waals surface area contributed by atoms with Crippen molar-refractivity contribution in [1.82, 2.24) is 10.2 Å². The van der Waals surface area contributed by atoms with E-state index in [1.165, 1.54) is 0 Å². The zero-order valence-electron chi connectivity index (χ0n) is 13.0. The van der Waals surface area contributed by atoms with Crippen molar-refractivity contribution in [3.63, 3.8) is 0 Å². The molecule has 1 aliphatic heterocycles. The van der Waals surface area contributed by atoms with Gasteiger partial charge < -0.3 is 10.2 Å². The molecule has 1 saturated heterocycles. The lowest BCUT2D eigenvalue weighted by atomic mass is 9.99. The van der Waals surface area contributed by atoms with Crippen LogP contribution in [-0.2, 0) is 4.79 Å². The maximum atomic E-state index is 12.5. The van der Waals surface area contributed by atoms with Gasteiger partial charge in [0.25, 0.3) is 5.91 Å². The summed E-state index contributed by atoms with van der Waals surface area (Å²) in [5.74, 6) is -0.218. The minimum Gasteiger partial charge on any atom is -0.343 e. The van der Waals surface area contributed by atoms with Crippen LogP contribution in [0.15, 0.2) is 54.6 Å². The molecule has 0 aromatic heterocycles. The number of nitrogens with one attached hydrogen (secondary N) is 1. The van der Waals surface area contributed by atoms with E-state index in [1.54, 1.807) is 6.07 Å². The molecule has 0 saturated carbocycles. The molecule has 1 N–H and O–H groups in total. The summed E-state index contributed by atoms with van der Waals surface area (Å²) in [7, 11) is 0. The fourth-order valence-electron chi connectivity index (χ4n) is 2.88. The van der Waals surface area contributed by atoms with Crippen LogP contribution in [0.2, 0.25) is 0 Å². The third-order valence-electron chi connectivity index (χ3n) is 4.12. The third-order valence-corrected chi connectivity index (χ3v) is 4.12. The summed E-state index contributed by atoms with van der Waals surface area (Å²) in [6.45, 7) is 1.66. The molecule has 0 bridgehead atoms. The van der Waals surface area contributed by atoms with Gasteiger partial charge in [0, 0.05) is 18.7 Å². The topological polar surface area (TPSA) is 49.4 Å². The van der Waals surface area contributed by atoms with Gasteiger partial charge in [0.15, 0.2) is 0 Å². The molecular formula is C19H20N2O2. The number of carbonyl (C=O) groups is 2. The number of rotatable bonds is 4. The number of benzene rings is 2. The maximum Gasteiger partial charge on any atom is 0.252 e. The standard InChI is InChI=1S/C19H20N2O2/c22-18(21-12-6-7-13-21)14-20-19(23)17-11-5-4-10-16(17)15-8-2-1-3-9-15/h1-5,8-11H,6-7,12-14H2,(H,20,23). The highest BCUT2D eigenvalue weighted by atomic mass is 16.2. The molecule has 2 amide bonds. The second-order valence-corrected chi connectivity index (χ2v) is 5.68. The zero-order valence-corrected chi connectivity index (χ0v) is 13.0. The van der Waals surface area contributed by atoms with Crippen LogP contribution in [0.3, 0.4) is 0 Å². The van der Waals surface area contributed by atoms with Gasteiger partial charge in [0.05, 0.1) is 6.54 Å². The van der Waals surface area contributed by atoms with E-state index in [4.69, 9.17) is 0 Å². The van der Waals surface area contributed by atoms with Crippen molar-refractivity contribution in [1.29, 1.82) is 0 Å². The molecule has 1 heterocycles. The molecule has 0 aliphatic carbocycles. The van der Waals surface area contributed by atoms with E-state index in [-0.39, 0.29) is 18.4 Å². The Morgan fingerprint density at radius 3 is 2.30 bits per heavy atom. The molecule has 0 unspecified atom stereocenters. The van der Waals surface area contributed by atoms with Gasteiger partial charge in [-0.05, 0) is 30.0 Å². The Kier molecular flexibility index (Phi) is 4.71. The summed E-state index contributed by atoms with van der Waals surface area (Å²) >= 11 is 0. The second kappa shape index (κ2) is 7.09. The zero-order chi connectivity index (χ0) is 16.1. The minimum atomic E-state index is -0.211. The fourth-order valence-corrected chi connectivity index (χ4v) is 2.88. The molecule has 1 aliphatic rings. The molecule has 4 heteroatoms. The fraction of sp³-hybridized carbons (Fsp3) is 0.263. The first-order chi connectivity index (χ1) is 11.3. The van der Waals surface area contributed by atoms with Gasteiger partial charge in [-0.25, -0.2) is 0 Å². The molecular weight excluding hydrogens is 288 g/mol. The highest BCUT2D eigenvalue weighted by Crippen LogP contribution is 2.23. The lowest BCUT2D eigenvalue weighted by Gasteiger charge is -2.16. The first-order valence-corrected chi connectivity index (χ1v) is 7.96. The van der Waals surface area contributed by atoms with Crippen molar-refractivity contribution in [3.05, 3.63) is 60.2 Å². The van der Waals surface area contributed by atoms with Crippen LogP contribution >= 0.6 is 0 Å². The predicted octanol–water partition coefficient (Wildman–Crippen LogP) is 2.71. The largest absolute Gasteiger partial charge is 0.343 e. The first kappa shape index (κ1) is 15.3. The molecule has 3 rings (SSSR count). The highest BCUT2D eigenvalue weighted by molar-refractivity contribution is 6.02. The molecule has 4 nitrogen and oxygen atoms in total. The summed E-state index contributed by atoms with van der Waals surface area (Å²) in [6.07, 6.45) is 2.10. The van der Waals surface area contributed by atoms with E-state index in [1.807, 2.05) is 53.4 Å². The quantitative estimate of drug-likeness (QED) is 0.944. The Balaban J connectivity index is 1.71. The maximum absolute atomic E-state index is 12.5. The number of likely N-dealkylation sites (tertiary alicyclic amines) is 1. The lowest BCUT2D eigenvalue weighted by molar-refractivity contribution is -0.129. The Hall–Kier alpha value is -2.62. The smallest absolute Gasteiger partial charge is 0.252 e. The first-order valence-electron chi connectivity index (χ1n) is 7.96. The number of hydrogen-bond donors (Lipinski definition) is 1.